The minimum absolute atomic E-state index is 0.178. The van der Waals surface area contributed by atoms with E-state index in [1.165, 1.54) is 0 Å². The number of H-pyrrole nitrogens is 1. The molecule has 1 amide bonds. The van der Waals surface area contributed by atoms with E-state index in [2.05, 4.69) is 20.1 Å². The summed E-state index contributed by atoms with van der Waals surface area (Å²) in [7, 11) is 2.00. The number of nitrogens with one attached hydrogen (secondary N) is 2. The van der Waals surface area contributed by atoms with Crippen molar-refractivity contribution in [3.05, 3.63) is 66.0 Å². The van der Waals surface area contributed by atoms with Crippen molar-refractivity contribution >= 4 is 22.6 Å². The smallest absolute Gasteiger partial charge is 0.259 e. The minimum Gasteiger partial charge on any atom is -0.381 e. The molecule has 1 saturated heterocycles. The molecule has 0 aliphatic carbocycles. The molecular formula is C22H21N5O2. The molecule has 1 fully saturated rings. The molecule has 0 bridgehead atoms. The van der Waals surface area contributed by atoms with E-state index in [0.717, 1.165) is 40.2 Å². The molecule has 1 atom stereocenters. The monoisotopic (exact) mass is 387 g/mol. The summed E-state index contributed by atoms with van der Waals surface area (Å²) in [5.74, 6) is 0.863. The van der Waals surface area contributed by atoms with E-state index in [-0.39, 0.29) is 11.8 Å². The van der Waals surface area contributed by atoms with Gasteiger partial charge in [-0.3, -0.25) is 9.89 Å². The zero-order valence-corrected chi connectivity index (χ0v) is 16.1. The van der Waals surface area contributed by atoms with E-state index in [4.69, 9.17) is 9.72 Å². The first-order chi connectivity index (χ1) is 14.2. The van der Waals surface area contributed by atoms with Crippen LogP contribution in [0.15, 0.2) is 54.7 Å². The average Bonchev–Trinajstić information content (AvgIpc) is 3.48. The number of anilines is 1. The highest BCUT2D eigenvalue weighted by molar-refractivity contribution is 6.05. The minimum atomic E-state index is -0.178. The zero-order chi connectivity index (χ0) is 19.8. The summed E-state index contributed by atoms with van der Waals surface area (Å²) in [6.07, 6.45) is 2.48. The number of fused-ring (bicyclic) bond motifs is 1. The van der Waals surface area contributed by atoms with Gasteiger partial charge in [0.2, 0.25) is 0 Å². The molecule has 0 saturated carbocycles. The van der Waals surface area contributed by atoms with Gasteiger partial charge in [0.15, 0.2) is 0 Å². The molecule has 0 unspecified atom stereocenters. The van der Waals surface area contributed by atoms with E-state index >= 15 is 0 Å². The second-order valence-corrected chi connectivity index (χ2v) is 7.28. The van der Waals surface area contributed by atoms with Gasteiger partial charge in [0.05, 0.1) is 35.1 Å². The third kappa shape index (κ3) is 3.19. The van der Waals surface area contributed by atoms with Gasteiger partial charge in [-0.15, -0.1) is 0 Å². The van der Waals surface area contributed by atoms with Crippen molar-refractivity contribution in [1.82, 2.24) is 19.7 Å². The first-order valence-electron chi connectivity index (χ1n) is 9.65. The average molecular weight is 387 g/mol. The van der Waals surface area contributed by atoms with Crippen LogP contribution in [0.4, 0.5) is 5.69 Å². The molecule has 0 spiro atoms. The van der Waals surface area contributed by atoms with E-state index in [1.54, 1.807) is 6.20 Å². The molecule has 2 aromatic carbocycles. The molecule has 2 aromatic heterocycles. The second-order valence-electron chi connectivity index (χ2n) is 7.28. The maximum absolute atomic E-state index is 12.9. The van der Waals surface area contributed by atoms with E-state index in [0.29, 0.717) is 18.8 Å². The zero-order valence-electron chi connectivity index (χ0n) is 16.1. The van der Waals surface area contributed by atoms with Crippen molar-refractivity contribution in [1.29, 1.82) is 0 Å². The number of para-hydroxylation sites is 2. The molecule has 29 heavy (non-hydrogen) atoms. The van der Waals surface area contributed by atoms with Crippen molar-refractivity contribution in [2.24, 2.45) is 7.05 Å². The van der Waals surface area contributed by atoms with Gasteiger partial charge in [-0.05, 0) is 30.7 Å². The molecule has 4 aromatic rings. The van der Waals surface area contributed by atoms with Gasteiger partial charge in [0.1, 0.15) is 5.82 Å². The highest BCUT2D eigenvalue weighted by Crippen LogP contribution is 2.28. The fraction of sp³-hybridized carbons (Fsp3) is 0.227. The van der Waals surface area contributed by atoms with Crippen LogP contribution in [0.5, 0.6) is 0 Å². The summed E-state index contributed by atoms with van der Waals surface area (Å²) in [6, 6.07) is 15.8. The van der Waals surface area contributed by atoms with Crippen LogP contribution in [-0.2, 0) is 11.8 Å². The lowest BCUT2D eigenvalue weighted by Gasteiger charge is -2.10. The standard InChI is InChI=1S/C22H21N5O2/c1-27-19-8-3-2-7-18(19)25-21(27)14-5-4-6-16(11-14)24-22(28)17-12-23-26-20(17)15-9-10-29-13-15/h2-8,11-12,15H,9-10,13H2,1H3,(H,23,26)(H,24,28)/t15-/m1/s1. The van der Waals surface area contributed by atoms with Crippen LogP contribution in [0.1, 0.15) is 28.4 Å². The lowest BCUT2D eigenvalue weighted by molar-refractivity contribution is 0.102. The molecule has 2 N–H and O–H groups in total. The second kappa shape index (κ2) is 7.18. The van der Waals surface area contributed by atoms with Crippen LogP contribution in [0.2, 0.25) is 0 Å². The maximum Gasteiger partial charge on any atom is 0.259 e. The van der Waals surface area contributed by atoms with Gasteiger partial charge in [-0.25, -0.2) is 4.98 Å². The lowest BCUT2D eigenvalue weighted by atomic mass is 10.0. The van der Waals surface area contributed by atoms with Crippen molar-refractivity contribution < 1.29 is 9.53 Å². The van der Waals surface area contributed by atoms with Crippen molar-refractivity contribution in [3.63, 3.8) is 0 Å². The van der Waals surface area contributed by atoms with Crippen LogP contribution in [0.25, 0.3) is 22.4 Å². The highest BCUT2D eigenvalue weighted by atomic mass is 16.5. The summed E-state index contributed by atoms with van der Waals surface area (Å²) in [6.45, 7) is 1.33. The number of hydrogen-bond donors (Lipinski definition) is 2. The molecule has 1 aliphatic heterocycles. The van der Waals surface area contributed by atoms with Gasteiger partial charge in [-0.1, -0.05) is 24.3 Å². The fourth-order valence-corrected chi connectivity index (χ4v) is 3.89. The molecule has 3 heterocycles. The molecule has 146 valence electrons. The normalized spacial score (nSPS) is 16.4. The van der Waals surface area contributed by atoms with Crippen LogP contribution < -0.4 is 5.32 Å². The predicted octanol–water partition coefficient (Wildman–Crippen LogP) is 3.72. The number of imidazole rings is 1. The number of aryl methyl sites for hydroxylation is 1. The Bertz CT molecular complexity index is 1190. The van der Waals surface area contributed by atoms with Crippen molar-refractivity contribution in [3.8, 4) is 11.4 Å². The van der Waals surface area contributed by atoms with Crippen LogP contribution in [0.3, 0.4) is 0 Å². The summed E-state index contributed by atoms with van der Waals surface area (Å²) < 4.78 is 7.51. The Morgan fingerprint density at radius 3 is 2.97 bits per heavy atom. The first-order valence-corrected chi connectivity index (χ1v) is 9.65. The van der Waals surface area contributed by atoms with Crippen LogP contribution in [-0.4, -0.2) is 38.9 Å². The van der Waals surface area contributed by atoms with Gasteiger partial charge in [0, 0.05) is 30.8 Å². The topological polar surface area (TPSA) is 84.8 Å². The van der Waals surface area contributed by atoms with Crippen LogP contribution >= 0.6 is 0 Å². The van der Waals surface area contributed by atoms with Crippen molar-refractivity contribution in [2.45, 2.75) is 12.3 Å². The number of ether oxygens (including phenoxy) is 1. The number of carbonyl (C=O) groups is 1. The number of carbonyl (C=O) groups excluding carboxylic acids is 1. The van der Waals surface area contributed by atoms with Crippen molar-refractivity contribution in [2.75, 3.05) is 18.5 Å². The SMILES string of the molecule is Cn1c(-c2cccc(NC(=O)c3cn[nH]c3[C@@H]3CCOC3)c2)nc2ccccc21. The third-order valence-corrected chi connectivity index (χ3v) is 5.42. The number of benzene rings is 2. The first kappa shape index (κ1) is 17.6. The number of rotatable bonds is 4. The highest BCUT2D eigenvalue weighted by Gasteiger charge is 2.25. The number of nitrogens with zero attached hydrogens (tertiary/aromatic N) is 3. The number of hydrogen-bond acceptors (Lipinski definition) is 4. The summed E-state index contributed by atoms with van der Waals surface area (Å²) in [5.41, 5.74) is 5.08. The van der Waals surface area contributed by atoms with Gasteiger partial charge in [-0.2, -0.15) is 5.10 Å². The van der Waals surface area contributed by atoms with Crippen LogP contribution in [0, 0.1) is 0 Å². The number of aromatic nitrogens is 4. The fourth-order valence-electron chi connectivity index (χ4n) is 3.89. The Hall–Kier alpha value is -3.45. The summed E-state index contributed by atoms with van der Waals surface area (Å²) in [4.78, 5) is 17.6. The van der Waals surface area contributed by atoms with Gasteiger partial charge >= 0.3 is 0 Å². The number of amides is 1. The Morgan fingerprint density at radius 1 is 1.24 bits per heavy atom. The maximum atomic E-state index is 12.9. The quantitative estimate of drug-likeness (QED) is 0.559. The molecule has 7 nitrogen and oxygen atoms in total. The Morgan fingerprint density at radius 2 is 2.14 bits per heavy atom. The largest absolute Gasteiger partial charge is 0.381 e. The molecule has 0 radical (unpaired) electrons. The molecule has 5 rings (SSSR count). The van der Waals surface area contributed by atoms with E-state index < -0.39 is 0 Å². The Balaban J connectivity index is 1.42. The molecule has 1 aliphatic rings. The summed E-state index contributed by atoms with van der Waals surface area (Å²) >= 11 is 0. The summed E-state index contributed by atoms with van der Waals surface area (Å²) in [5, 5.41) is 10.0. The van der Waals surface area contributed by atoms with E-state index in [9.17, 15) is 4.79 Å². The van der Waals surface area contributed by atoms with E-state index in [1.807, 2.05) is 55.6 Å². The Labute approximate surface area is 167 Å². The molecular weight excluding hydrogens is 366 g/mol. The molecule has 7 heteroatoms. The van der Waals surface area contributed by atoms with Gasteiger partial charge < -0.3 is 14.6 Å². The number of aromatic amines is 1. The predicted molar refractivity (Wildman–Crippen MR) is 111 cm³/mol. The third-order valence-electron chi connectivity index (χ3n) is 5.42. The Kier molecular flexibility index (Phi) is 4.37. The van der Waals surface area contributed by atoms with Gasteiger partial charge in [0.25, 0.3) is 5.91 Å². The lowest BCUT2D eigenvalue weighted by Crippen LogP contribution is -2.15.